The summed E-state index contributed by atoms with van der Waals surface area (Å²) in [4.78, 5) is 5.10. The Morgan fingerprint density at radius 1 is 0.477 bits per heavy atom. The second kappa shape index (κ2) is 9.82. The minimum absolute atomic E-state index is 0.909. The molecule has 206 valence electrons. The van der Waals surface area contributed by atoms with Gasteiger partial charge in [-0.1, -0.05) is 121 Å². The predicted octanol–water partition coefficient (Wildman–Crippen LogP) is 11.1. The number of para-hydroxylation sites is 4. The molecule has 0 aliphatic carbocycles. The monoisotopic (exact) mass is 562 g/mol. The largest absolute Gasteiger partial charge is 0.455 e. The van der Waals surface area contributed by atoms with Gasteiger partial charge in [-0.05, 0) is 63.9 Å². The summed E-state index contributed by atoms with van der Waals surface area (Å²) < 4.78 is 8.57. The van der Waals surface area contributed by atoms with Crippen molar-refractivity contribution in [2.24, 2.45) is 0 Å². The van der Waals surface area contributed by atoms with E-state index in [1.54, 1.807) is 0 Å². The fraction of sp³-hybridized carbons (Fsp3) is 0. The second-order valence-corrected chi connectivity index (χ2v) is 11.2. The third-order valence-electron chi connectivity index (χ3n) is 8.63. The molecule has 0 aliphatic rings. The van der Waals surface area contributed by atoms with E-state index in [1.165, 1.54) is 21.9 Å². The molecule has 9 aromatic rings. The van der Waals surface area contributed by atoms with Crippen LogP contribution in [0.15, 0.2) is 162 Å². The van der Waals surface area contributed by atoms with Crippen molar-refractivity contribution in [1.29, 1.82) is 0 Å². The average Bonchev–Trinajstić information content (AvgIpc) is 3.67. The Morgan fingerprint density at radius 2 is 1.16 bits per heavy atom. The number of hydrogen-bond acceptors (Lipinski definition) is 2. The van der Waals surface area contributed by atoms with Crippen molar-refractivity contribution in [3.8, 4) is 39.3 Å². The summed E-state index contributed by atoms with van der Waals surface area (Å²) in [5.41, 5.74) is 10.6. The molecule has 0 aliphatic heterocycles. The van der Waals surface area contributed by atoms with E-state index in [1.807, 2.05) is 18.2 Å². The highest BCUT2D eigenvalue weighted by Gasteiger charge is 2.16. The summed E-state index contributed by atoms with van der Waals surface area (Å²) in [5, 5.41) is 4.78. The van der Waals surface area contributed by atoms with Crippen LogP contribution in [0, 0.1) is 0 Å². The highest BCUT2D eigenvalue weighted by molar-refractivity contribution is 6.09. The Hall–Kier alpha value is -5.93. The standard InChI is InChI=1S/C41H26N2O/c1-2-9-31-26-32(21-16-27(31)8-1)28-22-24-33(25-23-28)43-38-14-5-4-13-37(38)42-41(43)30-19-17-29(18-20-30)34-11-7-12-36-35-10-3-6-15-39(35)44-40(34)36/h1-26H. The predicted molar refractivity (Wildman–Crippen MR) is 182 cm³/mol. The summed E-state index contributed by atoms with van der Waals surface area (Å²) in [6.45, 7) is 0. The summed E-state index contributed by atoms with van der Waals surface area (Å²) in [7, 11) is 0. The zero-order valence-corrected chi connectivity index (χ0v) is 23.8. The lowest BCUT2D eigenvalue weighted by Gasteiger charge is -2.12. The molecule has 0 saturated carbocycles. The molecule has 0 unspecified atom stereocenters. The smallest absolute Gasteiger partial charge is 0.145 e. The maximum atomic E-state index is 6.32. The van der Waals surface area contributed by atoms with Crippen LogP contribution in [0.4, 0.5) is 0 Å². The van der Waals surface area contributed by atoms with E-state index in [0.29, 0.717) is 0 Å². The van der Waals surface area contributed by atoms with Crippen LogP contribution in [0.2, 0.25) is 0 Å². The van der Waals surface area contributed by atoms with Crippen molar-refractivity contribution in [1.82, 2.24) is 9.55 Å². The van der Waals surface area contributed by atoms with Crippen LogP contribution < -0.4 is 0 Å². The maximum absolute atomic E-state index is 6.32. The van der Waals surface area contributed by atoms with Crippen LogP contribution in [0.3, 0.4) is 0 Å². The Bertz CT molecular complexity index is 2480. The first-order chi connectivity index (χ1) is 21.8. The Kier molecular flexibility index (Phi) is 5.50. The molecular formula is C41H26N2O. The SMILES string of the molecule is c1ccc2cc(-c3ccc(-n4c(-c5ccc(-c6cccc7c6oc6ccccc67)cc5)nc5ccccc54)cc3)ccc2c1. The van der Waals surface area contributed by atoms with Crippen molar-refractivity contribution < 1.29 is 4.42 Å². The van der Waals surface area contributed by atoms with E-state index in [4.69, 9.17) is 9.40 Å². The van der Waals surface area contributed by atoms with Crippen molar-refractivity contribution in [3.05, 3.63) is 158 Å². The second-order valence-electron chi connectivity index (χ2n) is 11.2. The Labute approximate surface area is 254 Å². The van der Waals surface area contributed by atoms with Gasteiger partial charge in [-0.25, -0.2) is 4.98 Å². The van der Waals surface area contributed by atoms with Crippen molar-refractivity contribution in [2.45, 2.75) is 0 Å². The molecule has 2 aromatic heterocycles. The quantitative estimate of drug-likeness (QED) is 0.214. The maximum Gasteiger partial charge on any atom is 0.145 e. The third-order valence-corrected chi connectivity index (χ3v) is 8.63. The Morgan fingerprint density at radius 3 is 2.05 bits per heavy atom. The third kappa shape index (κ3) is 3.94. The number of aromatic nitrogens is 2. The Balaban J connectivity index is 1.12. The van der Waals surface area contributed by atoms with Gasteiger partial charge in [0, 0.05) is 27.6 Å². The number of rotatable bonds is 4. The van der Waals surface area contributed by atoms with Gasteiger partial charge in [0.25, 0.3) is 0 Å². The van der Waals surface area contributed by atoms with Crippen LogP contribution in [0.25, 0.3) is 83.1 Å². The molecule has 0 saturated heterocycles. The van der Waals surface area contributed by atoms with Gasteiger partial charge in [-0.3, -0.25) is 4.57 Å². The van der Waals surface area contributed by atoms with Crippen molar-refractivity contribution in [2.75, 3.05) is 0 Å². The molecule has 3 heteroatoms. The normalized spacial score (nSPS) is 11.6. The molecule has 3 nitrogen and oxygen atoms in total. The van der Waals surface area contributed by atoms with Crippen molar-refractivity contribution in [3.63, 3.8) is 0 Å². The first-order valence-corrected chi connectivity index (χ1v) is 14.9. The number of nitrogens with zero attached hydrogens (tertiary/aromatic N) is 2. The van der Waals surface area contributed by atoms with Crippen LogP contribution in [-0.4, -0.2) is 9.55 Å². The van der Waals surface area contributed by atoms with Gasteiger partial charge >= 0.3 is 0 Å². The fourth-order valence-corrected chi connectivity index (χ4v) is 6.43. The van der Waals surface area contributed by atoms with Crippen LogP contribution in [-0.2, 0) is 0 Å². The number of furan rings is 1. The molecule has 0 fully saturated rings. The van der Waals surface area contributed by atoms with Crippen molar-refractivity contribution >= 4 is 43.7 Å². The number of hydrogen-bond donors (Lipinski definition) is 0. The molecule has 0 spiro atoms. The molecule has 0 atom stereocenters. The van der Waals surface area contributed by atoms with E-state index in [9.17, 15) is 0 Å². The molecule has 2 heterocycles. The lowest BCUT2D eigenvalue weighted by molar-refractivity contribution is 0.670. The molecular weight excluding hydrogens is 536 g/mol. The van der Waals surface area contributed by atoms with Gasteiger partial charge in [0.2, 0.25) is 0 Å². The van der Waals surface area contributed by atoms with E-state index >= 15 is 0 Å². The average molecular weight is 563 g/mol. The van der Waals surface area contributed by atoms with Gasteiger partial charge < -0.3 is 4.42 Å². The molecule has 9 rings (SSSR count). The van der Waals surface area contributed by atoms with Crippen LogP contribution >= 0.6 is 0 Å². The number of benzene rings is 7. The van der Waals surface area contributed by atoms with Gasteiger partial charge in [0.1, 0.15) is 17.0 Å². The minimum atomic E-state index is 0.909. The number of fused-ring (bicyclic) bond motifs is 5. The van der Waals surface area contributed by atoms with E-state index < -0.39 is 0 Å². The fourth-order valence-electron chi connectivity index (χ4n) is 6.43. The molecule has 44 heavy (non-hydrogen) atoms. The highest BCUT2D eigenvalue weighted by atomic mass is 16.3. The summed E-state index contributed by atoms with van der Waals surface area (Å²) in [6.07, 6.45) is 0. The van der Waals surface area contributed by atoms with Crippen LogP contribution in [0.1, 0.15) is 0 Å². The van der Waals surface area contributed by atoms with Crippen LogP contribution in [0.5, 0.6) is 0 Å². The minimum Gasteiger partial charge on any atom is -0.455 e. The number of imidazole rings is 1. The summed E-state index contributed by atoms with van der Waals surface area (Å²) >= 11 is 0. The molecule has 0 N–H and O–H groups in total. The zero-order chi connectivity index (χ0) is 29.0. The molecule has 0 amide bonds. The molecule has 0 radical (unpaired) electrons. The molecule has 7 aromatic carbocycles. The first kappa shape index (κ1) is 24.6. The highest BCUT2D eigenvalue weighted by Crippen LogP contribution is 2.37. The first-order valence-electron chi connectivity index (χ1n) is 14.9. The molecule has 0 bridgehead atoms. The van der Waals surface area contributed by atoms with Gasteiger partial charge in [0.05, 0.1) is 11.0 Å². The summed E-state index contributed by atoms with van der Waals surface area (Å²) in [5.74, 6) is 0.915. The summed E-state index contributed by atoms with van der Waals surface area (Å²) in [6, 6.07) is 55.5. The lowest BCUT2D eigenvalue weighted by Crippen LogP contribution is -1.97. The van der Waals surface area contributed by atoms with Gasteiger partial charge in [-0.15, -0.1) is 0 Å². The topological polar surface area (TPSA) is 31.0 Å². The van der Waals surface area contributed by atoms with E-state index in [-0.39, 0.29) is 0 Å². The van der Waals surface area contributed by atoms with E-state index in [0.717, 1.165) is 61.2 Å². The van der Waals surface area contributed by atoms with Gasteiger partial charge in [-0.2, -0.15) is 0 Å². The van der Waals surface area contributed by atoms with Gasteiger partial charge in [0.15, 0.2) is 0 Å². The van der Waals surface area contributed by atoms with E-state index in [2.05, 4.69) is 144 Å². The lowest BCUT2D eigenvalue weighted by atomic mass is 10.0. The zero-order valence-electron chi connectivity index (χ0n) is 23.8.